The lowest BCUT2D eigenvalue weighted by molar-refractivity contribution is 0.0955. The fourth-order valence-corrected chi connectivity index (χ4v) is 2.48. The highest BCUT2D eigenvalue weighted by atomic mass is 16.5. The molecular weight excluding hydrogens is 346 g/mol. The molecule has 27 heavy (non-hydrogen) atoms. The molecule has 3 rings (SSSR count). The van der Waals surface area contributed by atoms with E-state index in [1.165, 1.54) is 6.21 Å². The summed E-state index contributed by atoms with van der Waals surface area (Å²) < 4.78 is 10.6. The van der Waals surface area contributed by atoms with Gasteiger partial charge in [0.25, 0.3) is 5.91 Å². The molecule has 0 saturated carbocycles. The van der Waals surface area contributed by atoms with Gasteiger partial charge in [-0.25, -0.2) is 5.43 Å². The van der Waals surface area contributed by atoms with Crippen LogP contribution in [0.4, 0.5) is 5.69 Å². The van der Waals surface area contributed by atoms with Crippen molar-refractivity contribution in [2.45, 2.75) is 0 Å². The summed E-state index contributed by atoms with van der Waals surface area (Å²) in [7, 11) is 3.15. The number of methoxy groups -OCH3 is 2. The third kappa shape index (κ3) is 4.06. The average molecular weight is 365 g/mol. The molecule has 138 valence electrons. The molecule has 8 nitrogen and oxygen atoms in total. The first-order chi connectivity index (χ1) is 13.1. The Balaban J connectivity index is 1.76. The van der Waals surface area contributed by atoms with Crippen molar-refractivity contribution in [3.8, 4) is 22.8 Å². The van der Waals surface area contributed by atoms with Crippen LogP contribution in [0.1, 0.15) is 15.9 Å². The smallest absolute Gasteiger partial charge is 0.271 e. The van der Waals surface area contributed by atoms with E-state index in [-0.39, 0.29) is 5.91 Å². The number of nitrogens with zero attached hydrogens (tertiary/aromatic N) is 2. The number of amides is 1. The molecule has 0 fully saturated rings. The van der Waals surface area contributed by atoms with Gasteiger partial charge in [-0.15, -0.1) is 0 Å². The Labute approximate surface area is 156 Å². The van der Waals surface area contributed by atoms with Crippen LogP contribution in [0.25, 0.3) is 11.3 Å². The van der Waals surface area contributed by atoms with Gasteiger partial charge in [0.1, 0.15) is 0 Å². The molecule has 8 heteroatoms. The average Bonchev–Trinajstić information content (AvgIpc) is 3.16. The minimum absolute atomic E-state index is 0.331. The first kappa shape index (κ1) is 18.0. The highest BCUT2D eigenvalue weighted by molar-refractivity contribution is 5.95. The van der Waals surface area contributed by atoms with Gasteiger partial charge >= 0.3 is 0 Å². The van der Waals surface area contributed by atoms with E-state index in [2.05, 4.69) is 20.7 Å². The number of carbonyl (C=O) groups excluding carboxylic acids is 1. The second-order valence-electron chi connectivity index (χ2n) is 5.59. The molecule has 0 aliphatic heterocycles. The van der Waals surface area contributed by atoms with E-state index in [1.807, 2.05) is 12.1 Å². The van der Waals surface area contributed by atoms with Gasteiger partial charge < -0.3 is 15.2 Å². The van der Waals surface area contributed by atoms with Crippen LogP contribution < -0.4 is 20.6 Å². The number of nitrogens with two attached hydrogens (primary N) is 1. The molecule has 0 atom stereocenters. The SMILES string of the molecule is COc1ccc(-c2[nH]ncc2C=NNC(=O)c2ccc(N)cc2)cc1OC. The first-order valence-electron chi connectivity index (χ1n) is 8.07. The largest absolute Gasteiger partial charge is 0.493 e. The number of anilines is 1. The highest BCUT2D eigenvalue weighted by Crippen LogP contribution is 2.32. The molecule has 0 aliphatic rings. The van der Waals surface area contributed by atoms with Crippen LogP contribution in [0, 0.1) is 0 Å². The number of H-pyrrole nitrogens is 1. The number of hydrogen-bond donors (Lipinski definition) is 3. The Kier molecular flexibility index (Phi) is 5.36. The Morgan fingerprint density at radius 2 is 1.89 bits per heavy atom. The summed E-state index contributed by atoms with van der Waals surface area (Å²) in [6.07, 6.45) is 3.13. The Morgan fingerprint density at radius 1 is 1.15 bits per heavy atom. The van der Waals surface area contributed by atoms with Crippen LogP contribution in [0.2, 0.25) is 0 Å². The van der Waals surface area contributed by atoms with Gasteiger partial charge in [-0.1, -0.05) is 0 Å². The van der Waals surface area contributed by atoms with Gasteiger partial charge in [0.15, 0.2) is 11.5 Å². The molecule has 4 N–H and O–H groups in total. The number of aromatic amines is 1. The molecule has 0 aliphatic carbocycles. The minimum atomic E-state index is -0.331. The van der Waals surface area contributed by atoms with Crippen LogP contribution in [0.3, 0.4) is 0 Å². The fourth-order valence-electron chi connectivity index (χ4n) is 2.48. The van der Waals surface area contributed by atoms with Crippen LogP contribution in [0.15, 0.2) is 53.8 Å². The van der Waals surface area contributed by atoms with E-state index < -0.39 is 0 Å². The van der Waals surface area contributed by atoms with Crippen LogP contribution >= 0.6 is 0 Å². The van der Waals surface area contributed by atoms with Crippen molar-refractivity contribution in [1.29, 1.82) is 0 Å². The standard InChI is InChI=1S/C19H19N5O3/c1-26-16-8-5-13(9-17(16)27-2)18-14(10-21-23-18)11-22-24-19(25)12-3-6-15(20)7-4-12/h3-11H,20H2,1-2H3,(H,21,23)(H,24,25). The van der Waals surface area contributed by atoms with E-state index in [0.717, 1.165) is 11.3 Å². The molecule has 0 radical (unpaired) electrons. The van der Waals surface area contributed by atoms with E-state index in [4.69, 9.17) is 15.2 Å². The maximum atomic E-state index is 12.1. The van der Waals surface area contributed by atoms with Gasteiger partial charge in [-0.05, 0) is 42.5 Å². The molecule has 1 aromatic heterocycles. The topological polar surface area (TPSA) is 115 Å². The molecule has 0 unspecified atom stereocenters. The molecule has 0 bridgehead atoms. The summed E-state index contributed by atoms with van der Waals surface area (Å²) in [6.45, 7) is 0. The maximum absolute atomic E-state index is 12.1. The van der Waals surface area contributed by atoms with Gasteiger partial charge in [0.05, 0.1) is 32.3 Å². The number of aromatic nitrogens is 2. The van der Waals surface area contributed by atoms with Crippen molar-refractivity contribution in [3.05, 3.63) is 59.8 Å². The number of ether oxygens (including phenoxy) is 2. The predicted molar refractivity (Wildman–Crippen MR) is 103 cm³/mol. The van der Waals surface area contributed by atoms with Crippen molar-refractivity contribution < 1.29 is 14.3 Å². The second kappa shape index (κ2) is 8.05. The first-order valence-corrected chi connectivity index (χ1v) is 8.07. The van der Waals surface area contributed by atoms with Gasteiger partial charge in [-0.2, -0.15) is 10.2 Å². The summed E-state index contributed by atoms with van der Waals surface area (Å²) in [5.41, 5.74) is 11.4. The summed E-state index contributed by atoms with van der Waals surface area (Å²) in [6, 6.07) is 12.1. The minimum Gasteiger partial charge on any atom is -0.493 e. The van der Waals surface area contributed by atoms with Crippen molar-refractivity contribution >= 4 is 17.8 Å². The fraction of sp³-hybridized carbons (Fsp3) is 0.105. The summed E-state index contributed by atoms with van der Waals surface area (Å²) in [4.78, 5) is 12.1. The normalized spacial score (nSPS) is 10.7. The zero-order valence-electron chi connectivity index (χ0n) is 14.9. The van der Waals surface area contributed by atoms with Gasteiger partial charge in [-0.3, -0.25) is 9.89 Å². The summed E-state index contributed by atoms with van der Waals surface area (Å²) in [5, 5.41) is 11.0. The zero-order chi connectivity index (χ0) is 19.2. The Bertz CT molecular complexity index is 964. The van der Waals surface area contributed by atoms with Crippen molar-refractivity contribution in [2.75, 3.05) is 20.0 Å². The maximum Gasteiger partial charge on any atom is 0.271 e. The Morgan fingerprint density at radius 3 is 2.59 bits per heavy atom. The lowest BCUT2D eigenvalue weighted by Crippen LogP contribution is -2.17. The second-order valence-corrected chi connectivity index (χ2v) is 5.59. The number of carbonyl (C=O) groups is 1. The number of hydrogen-bond acceptors (Lipinski definition) is 6. The van der Waals surface area contributed by atoms with Gasteiger partial charge in [0, 0.05) is 22.4 Å². The number of rotatable bonds is 6. The lowest BCUT2D eigenvalue weighted by Gasteiger charge is -2.09. The van der Waals surface area contributed by atoms with Crippen LogP contribution in [0.5, 0.6) is 11.5 Å². The third-order valence-electron chi connectivity index (χ3n) is 3.88. The Hall–Kier alpha value is -3.81. The molecule has 2 aromatic carbocycles. The van der Waals surface area contributed by atoms with Crippen LogP contribution in [-0.4, -0.2) is 36.5 Å². The number of benzene rings is 2. The quantitative estimate of drug-likeness (QED) is 0.353. The highest BCUT2D eigenvalue weighted by Gasteiger charge is 2.11. The van der Waals surface area contributed by atoms with Crippen molar-refractivity contribution in [3.63, 3.8) is 0 Å². The molecule has 0 saturated heterocycles. The monoisotopic (exact) mass is 365 g/mol. The van der Waals surface area contributed by atoms with Gasteiger partial charge in [0.2, 0.25) is 0 Å². The molecule has 3 aromatic rings. The number of nitrogen functional groups attached to an aromatic ring is 1. The van der Waals surface area contributed by atoms with Crippen LogP contribution in [-0.2, 0) is 0 Å². The summed E-state index contributed by atoms with van der Waals surface area (Å²) in [5.74, 6) is 0.901. The molecular formula is C19H19N5O3. The van der Waals surface area contributed by atoms with E-state index in [1.54, 1.807) is 50.7 Å². The lowest BCUT2D eigenvalue weighted by atomic mass is 10.1. The van der Waals surface area contributed by atoms with Crippen molar-refractivity contribution in [1.82, 2.24) is 15.6 Å². The predicted octanol–water partition coefficient (Wildman–Crippen LogP) is 2.44. The molecule has 1 amide bonds. The summed E-state index contributed by atoms with van der Waals surface area (Å²) >= 11 is 0. The van der Waals surface area contributed by atoms with E-state index in [0.29, 0.717) is 28.3 Å². The van der Waals surface area contributed by atoms with E-state index >= 15 is 0 Å². The number of nitrogens with one attached hydrogen (secondary N) is 2. The number of hydrazone groups is 1. The van der Waals surface area contributed by atoms with Crippen molar-refractivity contribution in [2.24, 2.45) is 5.10 Å². The zero-order valence-corrected chi connectivity index (χ0v) is 14.9. The third-order valence-corrected chi connectivity index (χ3v) is 3.88. The molecule has 1 heterocycles. The molecule has 0 spiro atoms. The van der Waals surface area contributed by atoms with E-state index in [9.17, 15) is 4.79 Å².